The molecular weight excluding hydrogens is 392 g/mol. The molecule has 0 unspecified atom stereocenters. The van der Waals surface area contributed by atoms with Crippen molar-refractivity contribution in [3.8, 4) is 0 Å². The Morgan fingerprint density at radius 2 is 1.60 bits per heavy atom. The molecule has 1 aromatic rings. The van der Waals surface area contributed by atoms with Gasteiger partial charge in [0.15, 0.2) is 0 Å². The average molecular weight is 407 g/mol. The minimum absolute atomic E-state index is 0.476. The highest BCUT2D eigenvalue weighted by molar-refractivity contribution is 9.11. The van der Waals surface area contributed by atoms with Crippen molar-refractivity contribution in [3.63, 3.8) is 0 Å². The van der Waals surface area contributed by atoms with Crippen LogP contribution < -0.4 is 0 Å². The van der Waals surface area contributed by atoms with Crippen molar-refractivity contribution in [2.24, 2.45) is 0 Å². The average Bonchev–Trinajstić information content (AvgIpc) is 2.53. The maximum atomic E-state index is 14.4. The molecule has 0 bridgehead atoms. The highest BCUT2D eigenvalue weighted by Crippen LogP contribution is 2.39. The Morgan fingerprint density at radius 3 is 2.05 bits per heavy atom. The van der Waals surface area contributed by atoms with Gasteiger partial charge in [-0.05, 0) is 65.6 Å². The van der Waals surface area contributed by atoms with E-state index in [0.29, 0.717) is 14.5 Å². The summed E-state index contributed by atoms with van der Waals surface area (Å²) in [5.41, 5.74) is -0.936. The van der Waals surface area contributed by atoms with Crippen LogP contribution >= 0.6 is 31.9 Å². The van der Waals surface area contributed by atoms with Crippen molar-refractivity contribution in [1.29, 1.82) is 0 Å². The molecule has 0 aliphatic carbocycles. The third-order valence-corrected chi connectivity index (χ3v) is 4.91. The summed E-state index contributed by atoms with van der Waals surface area (Å²) >= 11 is 6.69. The van der Waals surface area contributed by atoms with Gasteiger partial charge in [0.2, 0.25) is 0 Å². The Balaban J connectivity index is 2.29. The minimum Gasteiger partial charge on any atom is -0.398 e. The van der Waals surface area contributed by atoms with Crippen LogP contribution in [-0.4, -0.2) is 23.3 Å². The first-order valence-electron chi connectivity index (χ1n) is 6.16. The zero-order valence-electron chi connectivity index (χ0n) is 11.7. The van der Waals surface area contributed by atoms with Crippen molar-refractivity contribution >= 4 is 45.1 Å². The van der Waals surface area contributed by atoms with Crippen molar-refractivity contribution in [3.05, 3.63) is 32.6 Å². The summed E-state index contributed by atoms with van der Waals surface area (Å²) < 4.78 is 27.1. The summed E-state index contributed by atoms with van der Waals surface area (Å²) in [6.45, 7) is 7.55. The molecule has 1 aliphatic heterocycles. The first-order chi connectivity index (χ1) is 9.14. The van der Waals surface area contributed by atoms with E-state index in [4.69, 9.17) is 9.31 Å². The summed E-state index contributed by atoms with van der Waals surface area (Å²) in [6.07, 6.45) is 4.60. The fraction of sp³-hybridized carbons (Fsp3) is 0.462. The van der Waals surface area contributed by atoms with Gasteiger partial charge in [-0.25, -0.2) is 4.39 Å². The molecule has 2 rings (SSSR count). The number of hydrogen-bond donors (Lipinski definition) is 0. The molecule has 1 aliphatic rings. The topological polar surface area (TPSA) is 31.4 Å². The Bertz CT molecular complexity index is 527. The second kappa shape index (κ2) is 5.52. The second-order valence-electron chi connectivity index (χ2n) is 5.63. The molecule has 0 radical (unpaired) electrons. The van der Waals surface area contributed by atoms with E-state index in [1.165, 1.54) is 6.08 Å². The van der Waals surface area contributed by atoms with Crippen LogP contribution in [0.25, 0.3) is 6.08 Å². The maximum Gasteiger partial charge on any atom is 0.525 e. The van der Waals surface area contributed by atoms with Gasteiger partial charge in [-0.15, -0.1) is 0 Å². The number of nitrogens with zero attached hydrogens (tertiary/aromatic N) is 1. The number of pyridine rings is 1. The molecule has 1 aromatic heterocycles. The fourth-order valence-corrected chi connectivity index (χ4v) is 2.88. The number of rotatable bonds is 2. The van der Waals surface area contributed by atoms with Crippen LogP contribution in [0.1, 0.15) is 33.3 Å². The van der Waals surface area contributed by atoms with Gasteiger partial charge in [-0.2, -0.15) is 0 Å². The monoisotopic (exact) mass is 405 g/mol. The predicted octanol–water partition coefficient (Wildman–Crippen LogP) is 4.55. The van der Waals surface area contributed by atoms with Gasteiger partial charge in [-0.1, -0.05) is 0 Å². The van der Waals surface area contributed by atoms with E-state index >= 15 is 0 Å². The normalized spacial score (nSPS) is 21.4. The molecule has 0 spiro atoms. The van der Waals surface area contributed by atoms with Gasteiger partial charge >= 0.3 is 7.12 Å². The highest BCUT2D eigenvalue weighted by atomic mass is 79.9. The number of halogens is 3. The molecule has 7 heteroatoms. The SMILES string of the molecule is CC1(C)OB(C(F)=Cc2c(Br)cncc2Br)OC1(C)C. The zero-order valence-corrected chi connectivity index (χ0v) is 14.9. The molecule has 1 fully saturated rings. The molecule has 0 atom stereocenters. The first-order valence-corrected chi connectivity index (χ1v) is 7.74. The molecule has 0 amide bonds. The third kappa shape index (κ3) is 3.00. The van der Waals surface area contributed by atoms with E-state index in [1.807, 2.05) is 27.7 Å². The molecule has 20 heavy (non-hydrogen) atoms. The third-order valence-electron chi connectivity index (χ3n) is 3.65. The van der Waals surface area contributed by atoms with Gasteiger partial charge in [-0.3, -0.25) is 4.98 Å². The lowest BCUT2D eigenvalue weighted by molar-refractivity contribution is 0.00578. The van der Waals surface area contributed by atoms with Gasteiger partial charge in [0.05, 0.1) is 11.2 Å². The minimum atomic E-state index is -0.994. The van der Waals surface area contributed by atoms with Crippen LogP contribution in [0.5, 0.6) is 0 Å². The fourth-order valence-electron chi connectivity index (χ4n) is 1.72. The predicted molar refractivity (Wildman–Crippen MR) is 84.8 cm³/mol. The largest absolute Gasteiger partial charge is 0.525 e. The summed E-state index contributed by atoms with van der Waals surface area (Å²) in [6, 6.07) is 0. The molecule has 0 saturated carbocycles. The van der Waals surface area contributed by atoms with Crippen molar-refractivity contribution < 1.29 is 13.7 Å². The quantitative estimate of drug-likeness (QED) is 0.675. The van der Waals surface area contributed by atoms with Gasteiger partial charge in [0.25, 0.3) is 0 Å². The van der Waals surface area contributed by atoms with E-state index in [-0.39, 0.29) is 0 Å². The first kappa shape index (κ1) is 16.1. The molecular formula is C13H15BBr2FNO2. The molecule has 0 aromatic carbocycles. The standard InChI is InChI=1S/C13H15BBr2FNO2/c1-12(2)13(3,4)20-14(19-12)11(17)5-8-9(15)6-18-7-10(8)16/h5-7H,1-4H3. The molecule has 0 N–H and O–H groups in total. The van der Waals surface area contributed by atoms with E-state index < -0.39 is 24.0 Å². The summed E-state index contributed by atoms with van der Waals surface area (Å²) in [5, 5.41) is 0. The summed E-state index contributed by atoms with van der Waals surface area (Å²) in [4.78, 5) is 3.99. The summed E-state index contributed by atoms with van der Waals surface area (Å²) in [7, 11) is -0.994. The van der Waals surface area contributed by atoms with E-state index in [0.717, 1.165) is 0 Å². The van der Waals surface area contributed by atoms with Crippen molar-refractivity contribution in [1.82, 2.24) is 4.98 Å². The van der Waals surface area contributed by atoms with Crippen LogP contribution in [0.2, 0.25) is 0 Å². The van der Waals surface area contributed by atoms with Crippen LogP contribution in [0.15, 0.2) is 27.1 Å². The lowest BCUT2D eigenvalue weighted by Crippen LogP contribution is -2.41. The van der Waals surface area contributed by atoms with E-state index in [9.17, 15) is 4.39 Å². The molecule has 1 saturated heterocycles. The lowest BCUT2D eigenvalue weighted by atomic mass is 9.87. The number of hydrogen-bond acceptors (Lipinski definition) is 3. The Kier molecular flexibility index (Phi) is 4.45. The van der Waals surface area contributed by atoms with E-state index in [2.05, 4.69) is 36.8 Å². The van der Waals surface area contributed by atoms with Gasteiger partial charge < -0.3 is 9.31 Å². The lowest BCUT2D eigenvalue weighted by Gasteiger charge is -2.32. The zero-order chi connectivity index (χ0) is 15.1. The molecule has 2 heterocycles. The second-order valence-corrected chi connectivity index (χ2v) is 7.34. The Morgan fingerprint density at radius 1 is 1.15 bits per heavy atom. The summed E-state index contributed by atoms with van der Waals surface area (Å²) in [5.74, 6) is 0. The van der Waals surface area contributed by atoms with E-state index in [1.54, 1.807) is 12.4 Å². The van der Waals surface area contributed by atoms with Crippen molar-refractivity contribution in [2.45, 2.75) is 38.9 Å². The highest BCUT2D eigenvalue weighted by Gasteiger charge is 2.53. The van der Waals surface area contributed by atoms with Crippen LogP contribution in [0.3, 0.4) is 0 Å². The van der Waals surface area contributed by atoms with Crippen LogP contribution in [-0.2, 0) is 9.31 Å². The Labute approximate surface area is 135 Å². The van der Waals surface area contributed by atoms with Crippen LogP contribution in [0.4, 0.5) is 4.39 Å². The van der Waals surface area contributed by atoms with Gasteiger partial charge in [0.1, 0.15) is 5.73 Å². The molecule has 108 valence electrons. The molecule has 3 nitrogen and oxygen atoms in total. The van der Waals surface area contributed by atoms with Crippen LogP contribution in [0, 0.1) is 0 Å². The van der Waals surface area contributed by atoms with Crippen molar-refractivity contribution in [2.75, 3.05) is 0 Å². The Hall–Kier alpha value is -0.235. The van der Waals surface area contributed by atoms with Gasteiger partial charge in [0, 0.05) is 26.9 Å². The smallest absolute Gasteiger partial charge is 0.398 e. The maximum absolute atomic E-state index is 14.4. The number of aromatic nitrogens is 1.